The molecule has 2 rings (SSSR count). The topological polar surface area (TPSA) is 76.5 Å². The monoisotopic (exact) mass is 230 g/mol. The molecule has 5 nitrogen and oxygen atoms in total. The average Bonchev–Trinajstić information content (AvgIpc) is 2.84. The second-order valence-electron chi connectivity index (χ2n) is 3.36. The number of rotatable bonds is 2. The molecule has 0 aromatic carbocycles. The van der Waals surface area contributed by atoms with Gasteiger partial charge >= 0.3 is 5.91 Å². The minimum atomic E-state index is -0.516. The van der Waals surface area contributed by atoms with E-state index in [1.807, 2.05) is 0 Å². The third kappa shape index (κ3) is 2.40. The first-order valence-electron chi connectivity index (χ1n) is 4.91. The summed E-state index contributed by atoms with van der Waals surface area (Å²) in [5.41, 5.74) is 0.343. The standard InChI is InChI=1S/C12H10N2O3/c13-14(12(16)11-6-3-7-17-11)8-9-4-1-2-5-10(9)15/h1-8H,13H2. The van der Waals surface area contributed by atoms with Gasteiger partial charge in [-0.05, 0) is 24.3 Å². The largest absolute Gasteiger partial charge is 0.459 e. The van der Waals surface area contributed by atoms with Gasteiger partial charge in [0.2, 0.25) is 0 Å². The first kappa shape index (κ1) is 11.1. The summed E-state index contributed by atoms with van der Waals surface area (Å²) < 4.78 is 4.92. The predicted octanol–water partition coefficient (Wildman–Crippen LogP) is 1.17. The van der Waals surface area contributed by atoms with Crippen molar-refractivity contribution in [1.29, 1.82) is 0 Å². The maximum atomic E-state index is 11.7. The molecule has 86 valence electrons. The molecule has 0 saturated carbocycles. The molecular formula is C12H10N2O3. The Balaban J connectivity index is 2.16. The van der Waals surface area contributed by atoms with Gasteiger partial charge in [0, 0.05) is 11.8 Å². The van der Waals surface area contributed by atoms with Crippen molar-refractivity contribution in [2.24, 2.45) is 5.84 Å². The second-order valence-corrected chi connectivity index (χ2v) is 3.36. The van der Waals surface area contributed by atoms with Gasteiger partial charge in [0.15, 0.2) is 11.5 Å². The van der Waals surface area contributed by atoms with Crippen LogP contribution < -0.4 is 5.84 Å². The molecule has 1 aliphatic rings. The van der Waals surface area contributed by atoms with Crippen LogP contribution in [0, 0.1) is 0 Å². The van der Waals surface area contributed by atoms with Crippen molar-refractivity contribution in [3.05, 3.63) is 60.2 Å². The molecule has 0 spiro atoms. The lowest BCUT2D eigenvalue weighted by Gasteiger charge is -2.11. The molecule has 1 heterocycles. The van der Waals surface area contributed by atoms with E-state index in [0.29, 0.717) is 5.57 Å². The average molecular weight is 230 g/mol. The van der Waals surface area contributed by atoms with E-state index in [4.69, 9.17) is 10.3 Å². The van der Waals surface area contributed by atoms with Crippen LogP contribution >= 0.6 is 0 Å². The quantitative estimate of drug-likeness (QED) is 0.358. The fraction of sp³-hybridized carbons (Fsp3) is 0. The summed E-state index contributed by atoms with van der Waals surface area (Å²) in [4.78, 5) is 23.1. The van der Waals surface area contributed by atoms with E-state index < -0.39 is 5.91 Å². The van der Waals surface area contributed by atoms with Gasteiger partial charge in [-0.15, -0.1) is 0 Å². The Hall–Kier alpha value is -2.40. The van der Waals surface area contributed by atoms with Crippen molar-refractivity contribution < 1.29 is 14.0 Å². The molecule has 0 fully saturated rings. The number of nitrogens with zero attached hydrogens (tertiary/aromatic N) is 1. The first-order valence-corrected chi connectivity index (χ1v) is 4.91. The highest BCUT2D eigenvalue weighted by molar-refractivity contribution is 6.07. The summed E-state index contributed by atoms with van der Waals surface area (Å²) in [7, 11) is 0. The number of carbonyl (C=O) groups is 2. The lowest BCUT2D eigenvalue weighted by molar-refractivity contribution is -0.111. The number of hydrogen-bond donors (Lipinski definition) is 1. The van der Waals surface area contributed by atoms with E-state index >= 15 is 0 Å². The number of allylic oxidation sites excluding steroid dienone is 5. The highest BCUT2D eigenvalue weighted by atomic mass is 16.3. The van der Waals surface area contributed by atoms with Crippen molar-refractivity contribution in [2.45, 2.75) is 0 Å². The molecule has 1 aromatic rings. The van der Waals surface area contributed by atoms with Gasteiger partial charge in [0.1, 0.15) is 0 Å². The fourth-order valence-electron chi connectivity index (χ4n) is 1.32. The zero-order chi connectivity index (χ0) is 12.3. The molecule has 2 N–H and O–H groups in total. The molecule has 17 heavy (non-hydrogen) atoms. The van der Waals surface area contributed by atoms with E-state index in [1.165, 1.54) is 24.6 Å². The van der Waals surface area contributed by atoms with Crippen LogP contribution in [-0.2, 0) is 4.79 Å². The number of carbonyl (C=O) groups excluding carboxylic acids is 2. The van der Waals surface area contributed by atoms with Gasteiger partial charge in [-0.1, -0.05) is 12.2 Å². The van der Waals surface area contributed by atoms with Crippen LogP contribution in [-0.4, -0.2) is 16.7 Å². The summed E-state index contributed by atoms with van der Waals surface area (Å²) in [6.07, 6.45) is 8.94. The molecule has 0 unspecified atom stereocenters. The van der Waals surface area contributed by atoms with Crippen LogP contribution in [0.3, 0.4) is 0 Å². The van der Waals surface area contributed by atoms with Gasteiger partial charge in [0.05, 0.1) is 6.26 Å². The Morgan fingerprint density at radius 1 is 1.35 bits per heavy atom. The van der Waals surface area contributed by atoms with Gasteiger partial charge in [0.25, 0.3) is 0 Å². The Morgan fingerprint density at radius 2 is 2.12 bits per heavy atom. The summed E-state index contributed by atoms with van der Waals surface area (Å²) >= 11 is 0. The zero-order valence-corrected chi connectivity index (χ0v) is 8.87. The number of hydrazine groups is 1. The van der Waals surface area contributed by atoms with E-state index in [9.17, 15) is 9.59 Å². The number of hydrogen-bond acceptors (Lipinski definition) is 4. The van der Waals surface area contributed by atoms with E-state index in [-0.39, 0.29) is 11.5 Å². The zero-order valence-electron chi connectivity index (χ0n) is 8.87. The highest BCUT2D eigenvalue weighted by Crippen LogP contribution is 2.09. The third-order valence-corrected chi connectivity index (χ3v) is 2.16. The predicted molar refractivity (Wildman–Crippen MR) is 60.4 cm³/mol. The van der Waals surface area contributed by atoms with Crippen molar-refractivity contribution in [3.63, 3.8) is 0 Å². The highest BCUT2D eigenvalue weighted by Gasteiger charge is 2.15. The van der Waals surface area contributed by atoms with Crippen LogP contribution in [0.15, 0.2) is 58.9 Å². The normalized spacial score (nSPS) is 16.5. The molecule has 0 radical (unpaired) electrons. The van der Waals surface area contributed by atoms with Crippen LogP contribution in [0.2, 0.25) is 0 Å². The van der Waals surface area contributed by atoms with Crippen LogP contribution in [0.5, 0.6) is 0 Å². The first-order chi connectivity index (χ1) is 8.18. The van der Waals surface area contributed by atoms with Crippen molar-refractivity contribution >= 4 is 11.7 Å². The van der Waals surface area contributed by atoms with Crippen LogP contribution in [0.25, 0.3) is 0 Å². The fourth-order valence-corrected chi connectivity index (χ4v) is 1.32. The maximum Gasteiger partial charge on any atom is 0.307 e. The SMILES string of the molecule is NN(C=C1C=CC=CC1=O)C(=O)c1ccco1. The lowest BCUT2D eigenvalue weighted by Crippen LogP contribution is -2.32. The number of amides is 1. The minimum absolute atomic E-state index is 0.118. The number of nitrogens with two attached hydrogens (primary N) is 1. The molecule has 1 aromatic heterocycles. The molecule has 1 aliphatic carbocycles. The molecule has 0 saturated heterocycles. The Morgan fingerprint density at radius 3 is 2.76 bits per heavy atom. The van der Waals surface area contributed by atoms with Gasteiger partial charge in [-0.3, -0.25) is 9.59 Å². The lowest BCUT2D eigenvalue weighted by atomic mass is 10.1. The Bertz CT molecular complexity index is 524. The van der Waals surface area contributed by atoms with E-state index in [2.05, 4.69) is 0 Å². The van der Waals surface area contributed by atoms with Crippen molar-refractivity contribution in [1.82, 2.24) is 5.01 Å². The second kappa shape index (κ2) is 4.63. The minimum Gasteiger partial charge on any atom is -0.459 e. The van der Waals surface area contributed by atoms with E-state index in [0.717, 1.165) is 5.01 Å². The third-order valence-electron chi connectivity index (χ3n) is 2.16. The Labute approximate surface area is 97.5 Å². The van der Waals surface area contributed by atoms with Gasteiger partial charge in [-0.25, -0.2) is 10.9 Å². The summed E-state index contributed by atoms with van der Waals surface area (Å²) in [5, 5.41) is 0.829. The molecule has 0 aliphatic heterocycles. The summed E-state index contributed by atoms with van der Waals surface area (Å²) in [5.74, 6) is 4.94. The molecular weight excluding hydrogens is 220 g/mol. The Kier molecular flexibility index (Phi) is 3.02. The van der Waals surface area contributed by atoms with Crippen LogP contribution in [0.1, 0.15) is 10.6 Å². The molecule has 0 bridgehead atoms. The molecule has 1 amide bonds. The smallest absolute Gasteiger partial charge is 0.307 e. The van der Waals surface area contributed by atoms with Gasteiger partial charge in [-0.2, -0.15) is 0 Å². The summed E-state index contributed by atoms with van der Waals surface area (Å²) in [6.45, 7) is 0. The van der Waals surface area contributed by atoms with Crippen LogP contribution in [0.4, 0.5) is 0 Å². The number of furan rings is 1. The molecule has 5 heteroatoms. The van der Waals surface area contributed by atoms with Crippen molar-refractivity contribution in [3.8, 4) is 0 Å². The summed E-state index contributed by atoms with van der Waals surface area (Å²) in [6, 6.07) is 3.09. The maximum absolute atomic E-state index is 11.7. The molecule has 0 atom stereocenters. The number of ketones is 1. The van der Waals surface area contributed by atoms with Gasteiger partial charge < -0.3 is 4.42 Å². The van der Waals surface area contributed by atoms with Crippen molar-refractivity contribution in [2.75, 3.05) is 0 Å². The van der Waals surface area contributed by atoms with E-state index in [1.54, 1.807) is 24.3 Å².